The zero-order chi connectivity index (χ0) is 12.8. The Hall–Kier alpha value is -0.260. The molecule has 1 heterocycles. The molecule has 0 aliphatic heterocycles. The molecule has 0 aliphatic rings. The standard InChI is InChI=1S/C12H20BrN3S/c1-4-11(8-17-3)16(2)12-9(6-14)5-10(13)7-15-12/h5,7,11H,4,6,8,14H2,1-3H3. The molecule has 0 aromatic carbocycles. The molecule has 0 radical (unpaired) electrons. The van der Waals surface area contributed by atoms with Crippen molar-refractivity contribution in [3.8, 4) is 0 Å². The molecule has 5 heteroatoms. The molecule has 0 saturated carbocycles. The summed E-state index contributed by atoms with van der Waals surface area (Å²) in [7, 11) is 2.10. The van der Waals surface area contributed by atoms with Crippen molar-refractivity contribution >= 4 is 33.5 Å². The molecule has 0 amide bonds. The molecule has 0 fully saturated rings. The van der Waals surface area contributed by atoms with E-state index < -0.39 is 0 Å². The Bertz CT molecular complexity index is 360. The number of anilines is 1. The van der Waals surface area contributed by atoms with E-state index in [9.17, 15) is 0 Å². The lowest BCUT2D eigenvalue weighted by molar-refractivity contribution is 0.662. The van der Waals surface area contributed by atoms with E-state index in [1.807, 2.05) is 24.0 Å². The van der Waals surface area contributed by atoms with Gasteiger partial charge in [-0.1, -0.05) is 6.92 Å². The molecule has 17 heavy (non-hydrogen) atoms. The van der Waals surface area contributed by atoms with E-state index in [1.54, 1.807) is 0 Å². The molecule has 0 bridgehead atoms. The smallest absolute Gasteiger partial charge is 0.133 e. The molecule has 1 aromatic rings. The van der Waals surface area contributed by atoms with Crippen molar-refractivity contribution in [3.63, 3.8) is 0 Å². The van der Waals surface area contributed by atoms with Gasteiger partial charge in [0.2, 0.25) is 0 Å². The summed E-state index contributed by atoms with van der Waals surface area (Å²) >= 11 is 5.29. The van der Waals surface area contributed by atoms with Crippen LogP contribution in [0.4, 0.5) is 5.82 Å². The van der Waals surface area contributed by atoms with Gasteiger partial charge in [0, 0.05) is 41.6 Å². The Balaban J connectivity index is 2.97. The van der Waals surface area contributed by atoms with Crippen molar-refractivity contribution in [1.29, 1.82) is 0 Å². The van der Waals surface area contributed by atoms with E-state index in [2.05, 4.69) is 46.0 Å². The first-order valence-electron chi connectivity index (χ1n) is 5.70. The molecule has 1 rings (SSSR count). The number of rotatable bonds is 6. The molecule has 1 aromatic heterocycles. The summed E-state index contributed by atoms with van der Waals surface area (Å²) in [5, 5.41) is 0. The second-order valence-corrected chi connectivity index (χ2v) is 5.80. The van der Waals surface area contributed by atoms with Crippen molar-refractivity contribution in [2.24, 2.45) is 5.73 Å². The number of halogens is 1. The largest absolute Gasteiger partial charge is 0.356 e. The number of hydrogen-bond acceptors (Lipinski definition) is 4. The molecule has 96 valence electrons. The number of hydrogen-bond donors (Lipinski definition) is 1. The molecular formula is C12H20BrN3S. The Morgan fingerprint density at radius 2 is 2.29 bits per heavy atom. The molecule has 3 nitrogen and oxygen atoms in total. The fourth-order valence-electron chi connectivity index (χ4n) is 1.81. The van der Waals surface area contributed by atoms with Crippen molar-refractivity contribution in [2.75, 3.05) is 24.0 Å². The maximum Gasteiger partial charge on any atom is 0.133 e. The first-order valence-corrected chi connectivity index (χ1v) is 7.89. The molecule has 0 spiro atoms. The zero-order valence-corrected chi connectivity index (χ0v) is 13.0. The fraction of sp³-hybridized carbons (Fsp3) is 0.583. The third kappa shape index (κ3) is 3.86. The van der Waals surface area contributed by atoms with Crippen LogP contribution in [0.15, 0.2) is 16.7 Å². The van der Waals surface area contributed by atoms with Crippen molar-refractivity contribution in [2.45, 2.75) is 25.9 Å². The number of nitrogens with two attached hydrogens (primary N) is 1. The number of aromatic nitrogens is 1. The number of thioether (sulfide) groups is 1. The first-order chi connectivity index (χ1) is 8.13. The van der Waals surface area contributed by atoms with E-state index >= 15 is 0 Å². The summed E-state index contributed by atoms with van der Waals surface area (Å²) in [4.78, 5) is 6.73. The lowest BCUT2D eigenvalue weighted by Gasteiger charge is -2.29. The van der Waals surface area contributed by atoms with E-state index in [0.717, 1.165) is 28.0 Å². The Morgan fingerprint density at radius 3 is 2.82 bits per heavy atom. The lowest BCUT2D eigenvalue weighted by atomic mass is 10.2. The van der Waals surface area contributed by atoms with Crippen LogP contribution in [-0.2, 0) is 6.54 Å². The SMILES string of the molecule is CCC(CSC)N(C)c1ncc(Br)cc1CN. The average Bonchev–Trinajstić information content (AvgIpc) is 2.34. The molecule has 1 unspecified atom stereocenters. The van der Waals surface area contributed by atoms with Gasteiger partial charge in [-0.05, 0) is 34.7 Å². The summed E-state index contributed by atoms with van der Waals surface area (Å²) < 4.78 is 0.980. The van der Waals surface area contributed by atoms with Crippen LogP contribution >= 0.6 is 27.7 Å². The average molecular weight is 318 g/mol. The minimum absolute atomic E-state index is 0.504. The summed E-state index contributed by atoms with van der Waals surface area (Å²) in [6, 6.07) is 2.55. The second kappa shape index (κ2) is 7.24. The molecule has 0 aliphatic carbocycles. The quantitative estimate of drug-likeness (QED) is 0.876. The van der Waals surface area contributed by atoms with Crippen LogP contribution in [-0.4, -0.2) is 30.1 Å². The summed E-state index contributed by atoms with van der Waals surface area (Å²) in [6.07, 6.45) is 5.07. The number of pyridine rings is 1. The predicted octanol–water partition coefficient (Wildman–Crippen LogP) is 2.88. The predicted molar refractivity (Wildman–Crippen MR) is 80.7 cm³/mol. The van der Waals surface area contributed by atoms with Crippen LogP contribution in [0.1, 0.15) is 18.9 Å². The molecular weight excluding hydrogens is 298 g/mol. The van der Waals surface area contributed by atoms with Gasteiger partial charge in [0.15, 0.2) is 0 Å². The van der Waals surface area contributed by atoms with Gasteiger partial charge in [-0.15, -0.1) is 0 Å². The Labute approximate surface area is 116 Å². The third-order valence-electron chi connectivity index (χ3n) is 2.84. The van der Waals surface area contributed by atoms with Crippen LogP contribution in [0.5, 0.6) is 0 Å². The maximum atomic E-state index is 5.78. The van der Waals surface area contributed by atoms with E-state index in [0.29, 0.717) is 12.6 Å². The highest BCUT2D eigenvalue weighted by molar-refractivity contribution is 9.10. The first kappa shape index (κ1) is 14.8. The lowest BCUT2D eigenvalue weighted by Crippen LogP contribution is -2.34. The van der Waals surface area contributed by atoms with Crippen molar-refractivity contribution < 1.29 is 0 Å². The summed E-state index contributed by atoms with van der Waals surface area (Å²) in [5.74, 6) is 2.10. The van der Waals surface area contributed by atoms with Crippen LogP contribution < -0.4 is 10.6 Å². The number of nitrogens with zero attached hydrogens (tertiary/aromatic N) is 2. The van der Waals surface area contributed by atoms with Crippen molar-refractivity contribution in [1.82, 2.24) is 4.98 Å². The van der Waals surface area contributed by atoms with E-state index in [-0.39, 0.29) is 0 Å². The summed E-state index contributed by atoms with van der Waals surface area (Å²) in [6.45, 7) is 2.72. The van der Waals surface area contributed by atoms with Gasteiger partial charge in [-0.3, -0.25) is 0 Å². The van der Waals surface area contributed by atoms with Gasteiger partial charge < -0.3 is 10.6 Å². The highest BCUT2D eigenvalue weighted by atomic mass is 79.9. The van der Waals surface area contributed by atoms with Crippen LogP contribution in [0, 0.1) is 0 Å². The second-order valence-electron chi connectivity index (χ2n) is 3.97. The van der Waals surface area contributed by atoms with Gasteiger partial charge in [-0.2, -0.15) is 11.8 Å². The van der Waals surface area contributed by atoms with Crippen LogP contribution in [0.2, 0.25) is 0 Å². The third-order valence-corrected chi connectivity index (χ3v) is 3.99. The topological polar surface area (TPSA) is 42.2 Å². The maximum absolute atomic E-state index is 5.78. The highest BCUT2D eigenvalue weighted by Crippen LogP contribution is 2.23. The van der Waals surface area contributed by atoms with Gasteiger partial charge in [0.05, 0.1) is 0 Å². The van der Waals surface area contributed by atoms with E-state index in [4.69, 9.17) is 5.73 Å². The fourth-order valence-corrected chi connectivity index (χ4v) is 3.03. The van der Waals surface area contributed by atoms with Crippen LogP contribution in [0.25, 0.3) is 0 Å². The highest BCUT2D eigenvalue weighted by Gasteiger charge is 2.16. The Kier molecular flexibility index (Phi) is 6.30. The summed E-state index contributed by atoms with van der Waals surface area (Å²) in [5.41, 5.74) is 6.86. The zero-order valence-electron chi connectivity index (χ0n) is 10.6. The molecule has 2 N–H and O–H groups in total. The van der Waals surface area contributed by atoms with Gasteiger partial charge in [-0.25, -0.2) is 4.98 Å². The minimum atomic E-state index is 0.504. The monoisotopic (exact) mass is 317 g/mol. The Morgan fingerprint density at radius 1 is 1.59 bits per heavy atom. The van der Waals surface area contributed by atoms with E-state index in [1.165, 1.54) is 0 Å². The van der Waals surface area contributed by atoms with Crippen LogP contribution in [0.3, 0.4) is 0 Å². The van der Waals surface area contributed by atoms with Gasteiger partial charge in [0.25, 0.3) is 0 Å². The van der Waals surface area contributed by atoms with Gasteiger partial charge >= 0.3 is 0 Å². The molecule has 0 saturated heterocycles. The minimum Gasteiger partial charge on any atom is -0.356 e. The van der Waals surface area contributed by atoms with Gasteiger partial charge in [0.1, 0.15) is 5.82 Å². The molecule has 1 atom stereocenters. The van der Waals surface area contributed by atoms with Crippen molar-refractivity contribution in [3.05, 3.63) is 22.3 Å². The normalized spacial score (nSPS) is 12.5.